The summed E-state index contributed by atoms with van der Waals surface area (Å²) in [5.74, 6) is 0.798. The van der Waals surface area contributed by atoms with Crippen molar-refractivity contribution in [1.29, 1.82) is 0 Å². The lowest BCUT2D eigenvalue weighted by atomic mass is 10.0. The van der Waals surface area contributed by atoms with Crippen molar-refractivity contribution >= 4 is 0 Å². The molecule has 0 amide bonds. The van der Waals surface area contributed by atoms with Crippen molar-refractivity contribution in [2.24, 2.45) is 5.92 Å². The summed E-state index contributed by atoms with van der Waals surface area (Å²) < 4.78 is 0. The highest BCUT2D eigenvalue weighted by Gasteiger charge is 2.19. The molecule has 1 atom stereocenters. The van der Waals surface area contributed by atoms with E-state index in [1.54, 1.807) is 0 Å². The molecular weight excluding hydrogens is 222 g/mol. The van der Waals surface area contributed by atoms with E-state index in [2.05, 4.69) is 29.0 Å². The van der Waals surface area contributed by atoms with Gasteiger partial charge in [-0.3, -0.25) is 0 Å². The Kier molecular flexibility index (Phi) is 5.93. The molecule has 3 nitrogen and oxygen atoms in total. The van der Waals surface area contributed by atoms with Crippen LogP contribution in [0, 0.1) is 5.92 Å². The van der Waals surface area contributed by atoms with Gasteiger partial charge in [-0.1, -0.05) is 13.8 Å². The summed E-state index contributed by atoms with van der Waals surface area (Å²) in [4.78, 5) is 5.19. The minimum atomic E-state index is 0.772. The number of nitrogens with zero attached hydrogens (tertiary/aromatic N) is 2. The number of piperidine rings is 1. The van der Waals surface area contributed by atoms with Crippen LogP contribution in [0.5, 0.6) is 0 Å². The molecule has 2 fully saturated rings. The summed E-state index contributed by atoms with van der Waals surface area (Å²) >= 11 is 0. The standard InChI is InChI=1S/C15H31N3/c1-3-17-10-6-15(7-11-17)16-12-14(2)13-18-8-4-5-9-18/h14-16H,3-13H2,1-2H3. The van der Waals surface area contributed by atoms with E-state index in [9.17, 15) is 0 Å². The number of hydrogen-bond donors (Lipinski definition) is 1. The monoisotopic (exact) mass is 253 g/mol. The molecule has 18 heavy (non-hydrogen) atoms. The molecule has 0 spiro atoms. The molecule has 1 unspecified atom stereocenters. The Hall–Kier alpha value is -0.120. The molecule has 0 radical (unpaired) electrons. The first-order chi connectivity index (χ1) is 8.78. The SMILES string of the molecule is CCN1CCC(NCC(C)CN2CCCC2)CC1. The Balaban J connectivity index is 1.56. The molecule has 0 aliphatic carbocycles. The van der Waals surface area contributed by atoms with Crippen LogP contribution >= 0.6 is 0 Å². The van der Waals surface area contributed by atoms with E-state index < -0.39 is 0 Å². The van der Waals surface area contributed by atoms with Gasteiger partial charge in [0.2, 0.25) is 0 Å². The molecule has 2 aliphatic rings. The van der Waals surface area contributed by atoms with Crippen LogP contribution in [0.4, 0.5) is 0 Å². The third-order valence-electron chi connectivity index (χ3n) is 4.56. The summed E-state index contributed by atoms with van der Waals surface area (Å²) in [5, 5.41) is 3.79. The molecule has 2 saturated heterocycles. The van der Waals surface area contributed by atoms with Gasteiger partial charge >= 0.3 is 0 Å². The zero-order chi connectivity index (χ0) is 12.8. The maximum atomic E-state index is 3.79. The summed E-state index contributed by atoms with van der Waals surface area (Å²) in [6.07, 6.45) is 5.50. The fourth-order valence-corrected chi connectivity index (χ4v) is 3.29. The Morgan fingerprint density at radius 1 is 1.06 bits per heavy atom. The normalized spacial score (nSPS) is 25.7. The lowest BCUT2D eigenvalue weighted by Gasteiger charge is -2.32. The summed E-state index contributed by atoms with van der Waals surface area (Å²) in [6.45, 7) is 13.6. The lowest BCUT2D eigenvalue weighted by molar-refractivity contribution is 0.199. The smallest absolute Gasteiger partial charge is 0.00915 e. The second kappa shape index (κ2) is 7.46. The van der Waals surface area contributed by atoms with Crippen LogP contribution in [0.3, 0.4) is 0 Å². The Morgan fingerprint density at radius 2 is 1.72 bits per heavy atom. The maximum absolute atomic E-state index is 3.79. The molecule has 2 rings (SSSR count). The molecule has 1 N–H and O–H groups in total. The third kappa shape index (κ3) is 4.52. The molecule has 0 aromatic rings. The predicted molar refractivity (Wildman–Crippen MR) is 78.0 cm³/mol. The Labute approximate surface area is 113 Å². The van der Waals surface area contributed by atoms with Crippen LogP contribution in [0.15, 0.2) is 0 Å². The quantitative estimate of drug-likeness (QED) is 0.778. The van der Waals surface area contributed by atoms with Crippen molar-refractivity contribution in [3.05, 3.63) is 0 Å². The summed E-state index contributed by atoms with van der Waals surface area (Å²) in [5.41, 5.74) is 0. The van der Waals surface area contributed by atoms with Gasteiger partial charge in [0, 0.05) is 12.6 Å². The van der Waals surface area contributed by atoms with E-state index in [-0.39, 0.29) is 0 Å². The van der Waals surface area contributed by atoms with Crippen molar-refractivity contribution in [3.63, 3.8) is 0 Å². The average Bonchev–Trinajstić information content (AvgIpc) is 2.90. The highest BCUT2D eigenvalue weighted by molar-refractivity contribution is 4.78. The Bertz CT molecular complexity index is 218. The van der Waals surface area contributed by atoms with Gasteiger partial charge < -0.3 is 15.1 Å². The van der Waals surface area contributed by atoms with Gasteiger partial charge in [-0.15, -0.1) is 0 Å². The fraction of sp³-hybridized carbons (Fsp3) is 1.00. The molecular formula is C15H31N3. The van der Waals surface area contributed by atoms with Crippen LogP contribution in [0.1, 0.15) is 39.5 Å². The summed E-state index contributed by atoms with van der Waals surface area (Å²) in [6, 6.07) is 0.772. The van der Waals surface area contributed by atoms with Crippen molar-refractivity contribution in [2.45, 2.75) is 45.6 Å². The molecule has 3 heteroatoms. The van der Waals surface area contributed by atoms with Crippen molar-refractivity contribution < 1.29 is 0 Å². The minimum absolute atomic E-state index is 0.772. The van der Waals surface area contributed by atoms with Crippen LogP contribution in [0.2, 0.25) is 0 Å². The number of hydrogen-bond acceptors (Lipinski definition) is 3. The maximum Gasteiger partial charge on any atom is 0.00915 e. The van der Waals surface area contributed by atoms with Gasteiger partial charge in [-0.05, 0) is 70.9 Å². The average molecular weight is 253 g/mol. The predicted octanol–water partition coefficient (Wildman–Crippen LogP) is 1.79. The van der Waals surface area contributed by atoms with Crippen molar-refractivity contribution in [1.82, 2.24) is 15.1 Å². The van der Waals surface area contributed by atoms with Gasteiger partial charge in [0.1, 0.15) is 0 Å². The highest BCUT2D eigenvalue weighted by atomic mass is 15.1. The number of rotatable bonds is 6. The van der Waals surface area contributed by atoms with Gasteiger partial charge in [0.25, 0.3) is 0 Å². The molecule has 106 valence electrons. The molecule has 2 heterocycles. The van der Waals surface area contributed by atoms with E-state index in [1.165, 1.54) is 71.5 Å². The van der Waals surface area contributed by atoms with Gasteiger partial charge in [-0.2, -0.15) is 0 Å². The van der Waals surface area contributed by atoms with Crippen molar-refractivity contribution in [2.75, 3.05) is 45.8 Å². The van der Waals surface area contributed by atoms with Crippen LogP contribution in [0.25, 0.3) is 0 Å². The van der Waals surface area contributed by atoms with Crippen LogP contribution in [-0.2, 0) is 0 Å². The van der Waals surface area contributed by atoms with E-state index in [0.717, 1.165) is 12.0 Å². The first-order valence-electron chi connectivity index (χ1n) is 7.96. The molecule has 0 bridgehead atoms. The second-order valence-electron chi connectivity index (χ2n) is 6.23. The molecule has 0 aromatic heterocycles. The summed E-state index contributed by atoms with van der Waals surface area (Å²) in [7, 11) is 0. The van der Waals surface area contributed by atoms with Gasteiger partial charge in [-0.25, -0.2) is 0 Å². The van der Waals surface area contributed by atoms with E-state index in [0.29, 0.717) is 0 Å². The van der Waals surface area contributed by atoms with E-state index >= 15 is 0 Å². The zero-order valence-corrected chi connectivity index (χ0v) is 12.3. The van der Waals surface area contributed by atoms with Crippen molar-refractivity contribution in [3.8, 4) is 0 Å². The number of nitrogens with one attached hydrogen (secondary N) is 1. The van der Waals surface area contributed by atoms with Gasteiger partial charge in [0.15, 0.2) is 0 Å². The minimum Gasteiger partial charge on any atom is -0.314 e. The first-order valence-corrected chi connectivity index (χ1v) is 7.96. The lowest BCUT2D eigenvalue weighted by Crippen LogP contribution is -2.44. The first kappa shape index (κ1) is 14.3. The Morgan fingerprint density at radius 3 is 2.33 bits per heavy atom. The molecule has 0 aromatic carbocycles. The van der Waals surface area contributed by atoms with E-state index in [1.807, 2.05) is 0 Å². The number of likely N-dealkylation sites (tertiary alicyclic amines) is 2. The molecule has 0 saturated carbocycles. The third-order valence-corrected chi connectivity index (χ3v) is 4.56. The molecule has 2 aliphatic heterocycles. The topological polar surface area (TPSA) is 18.5 Å². The van der Waals surface area contributed by atoms with Gasteiger partial charge in [0.05, 0.1) is 0 Å². The fourth-order valence-electron chi connectivity index (χ4n) is 3.29. The highest BCUT2D eigenvalue weighted by Crippen LogP contribution is 2.12. The van der Waals surface area contributed by atoms with E-state index in [4.69, 9.17) is 0 Å². The zero-order valence-electron chi connectivity index (χ0n) is 12.3. The second-order valence-corrected chi connectivity index (χ2v) is 6.23. The van der Waals surface area contributed by atoms with Crippen LogP contribution < -0.4 is 5.32 Å². The van der Waals surface area contributed by atoms with Crippen LogP contribution in [-0.4, -0.2) is 61.7 Å². The largest absolute Gasteiger partial charge is 0.314 e.